The summed E-state index contributed by atoms with van der Waals surface area (Å²) in [6.07, 6.45) is 4.33. The Kier molecular flexibility index (Phi) is 4.41. The van der Waals surface area contributed by atoms with E-state index in [1.807, 2.05) is 4.90 Å². The molecule has 1 heterocycles. The molecule has 0 bridgehead atoms. The third-order valence-corrected chi connectivity index (χ3v) is 3.49. The van der Waals surface area contributed by atoms with Crippen LogP contribution in [0.2, 0.25) is 0 Å². The molecule has 0 aromatic rings. The minimum absolute atomic E-state index is 0. The predicted octanol–water partition coefficient (Wildman–Crippen LogP) is 1.40. The fraction of sp³-hybridized carbons (Fsp3) is 0.909. The first kappa shape index (κ1) is 12.8. The van der Waals surface area contributed by atoms with Gasteiger partial charge >= 0.3 is 0 Å². The summed E-state index contributed by atoms with van der Waals surface area (Å²) in [6.45, 7) is 3.92. The Balaban J connectivity index is 0.00000112. The lowest BCUT2D eigenvalue weighted by Gasteiger charge is -2.38. The van der Waals surface area contributed by atoms with E-state index in [0.29, 0.717) is 11.8 Å². The smallest absolute Gasteiger partial charge is 0.225 e. The summed E-state index contributed by atoms with van der Waals surface area (Å²) < 4.78 is 0. The van der Waals surface area contributed by atoms with E-state index < -0.39 is 0 Å². The lowest BCUT2D eigenvalue weighted by molar-refractivity contribution is -0.140. The number of rotatable bonds is 1. The van der Waals surface area contributed by atoms with Gasteiger partial charge in [0, 0.05) is 25.0 Å². The molecule has 1 amide bonds. The molecule has 4 heteroatoms. The van der Waals surface area contributed by atoms with Crippen LogP contribution in [0.15, 0.2) is 0 Å². The summed E-state index contributed by atoms with van der Waals surface area (Å²) in [6, 6.07) is 0.213. The van der Waals surface area contributed by atoms with Gasteiger partial charge in [-0.05, 0) is 31.6 Å². The van der Waals surface area contributed by atoms with Crippen molar-refractivity contribution < 1.29 is 4.79 Å². The molecule has 0 aromatic carbocycles. The Morgan fingerprint density at radius 1 is 1.40 bits per heavy atom. The number of likely N-dealkylation sites (tertiary alicyclic amines) is 1. The molecular weight excluding hydrogens is 212 g/mol. The Hall–Kier alpha value is -0.280. The van der Waals surface area contributed by atoms with Gasteiger partial charge in [0.2, 0.25) is 5.91 Å². The quantitative estimate of drug-likeness (QED) is 0.743. The molecule has 1 aliphatic carbocycles. The Bertz CT molecular complexity index is 229. The minimum atomic E-state index is 0. The van der Waals surface area contributed by atoms with E-state index in [1.165, 1.54) is 0 Å². The fourth-order valence-corrected chi connectivity index (χ4v) is 2.57. The van der Waals surface area contributed by atoms with E-state index in [4.69, 9.17) is 5.73 Å². The number of carbonyl (C=O) groups is 1. The maximum atomic E-state index is 11.9. The molecule has 3 nitrogen and oxygen atoms in total. The van der Waals surface area contributed by atoms with Crippen LogP contribution in [0.5, 0.6) is 0 Å². The topological polar surface area (TPSA) is 46.3 Å². The van der Waals surface area contributed by atoms with Gasteiger partial charge in [0.15, 0.2) is 0 Å². The number of hydrogen-bond acceptors (Lipinski definition) is 2. The van der Waals surface area contributed by atoms with Crippen LogP contribution >= 0.6 is 12.4 Å². The van der Waals surface area contributed by atoms with Gasteiger partial charge in [-0.15, -0.1) is 12.4 Å². The summed E-state index contributed by atoms with van der Waals surface area (Å²) in [4.78, 5) is 13.9. The van der Waals surface area contributed by atoms with Gasteiger partial charge in [-0.3, -0.25) is 4.79 Å². The van der Waals surface area contributed by atoms with Gasteiger partial charge in [0.05, 0.1) is 0 Å². The summed E-state index contributed by atoms with van der Waals surface area (Å²) in [5.74, 6) is 1.43. The lowest BCUT2D eigenvalue weighted by Crippen LogP contribution is -2.49. The highest BCUT2D eigenvalue weighted by Crippen LogP contribution is 2.34. The molecule has 1 atom stereocenters. The van der Waals surface area contributed by atoms with E-state index in [9.17, 15) is 4.79 Å². The number of amides is 1. The summed E-state index contributed by atoms with van der Waals surface area (Å²) >= 11 is 0. The molecule has 1 saturated carbocycles. The third kappa shape index (κ3) is 2.85. The molecule has 88 valence electrons. The van der Waals surface area contributed by atoms with Gasteiger partial charge in [-0.2, -0.15) is 0 Å². The molecule has 1 saturated heterocycles. The number of hydrogen-bond donors (Lipinski definition) is 1. The highest BCUT2D eigenvalue weighted by atomic mass is 35.5. The van der Waals surface area contributed by atoms with Crippen molar-refractivity contribution in [3.8, 4) is 0 Å². The second-order valence-corrected chi connectivity index (χ2v) is 4.96. The van der Waals surface area contributed by atoms with Crippen LogP contribution in [0.1, 0.15) is 32.6 Å². The highest BCUT2D eigenvalue weighted by Gasteiger charge is 2.35. The molecule has 2 fully saturated rings. The predicted molar refractivity (Wildman–Crippen MR) is 62.9 cm³/mol. The van der Waals surface area contributed by atoms with Gasteiger partial charge < -0.3 is 10.6 Å². The van der Waals surface area contributed by atoms with Crippen molar-refractivity contribution in [2.45, 2.75) is 38.6 Å². The maximum Gasteiger partial charge on any atom is 0.225 e. The van der Waals surface area contributed by atoms with Gasteiger partial charge in [-0.25, -0.2) is 0 Å². The molecular formula is C11H21ClN2O. The molecule has 2 aliphatic rings. The van der Waals surface area contributed by atoms with E-state index in [-0.39, 0.29) is 18.4 Å². The number of halogens is 1. The number of nitrogens with zero attached hydrogens (tertiary/aromatic N) is 1. The molecule has 0 spiro atoms. The van der Waals surface area contributed by atoms with Crippen LogP contribution in [-0.4, -0.2) is 29.9 Å². The summed E-state index contributed by atoms with van der Waals surface area (Å²) in [5.41, 5.74) is 5.86. The standard InChI is InChI=1S/C11H20N2O.ClH/c1-8-5-9(6-8)11(14)13-4-2-3-10(12)7-13;/h8-10H,2-7,12H2,1H3;1H. The van der Waals surface area contributed by atoms with Crippen LogP contribution < -0.4 is 5.73 Å². The van der Waals surface area contributed by atoms with E-state index in [2.05, 4.69) is 6.92 Å². The van der Waals surface area contributed by atoms with Crippen LogP contribution in [0.25, 0.3) is 0 Å². The molecule has 2 N–H and O–H groups in total. The highest BCUT2D eigenvalue weighted by molar-refractivity contribution is 5.85. The Morgan fingerprint density at radius 3 is 2.60 bits per heavy atom. The average Bonchev–Trinajstić information content (AvgIpc) is 2.12. The first-order valence-corrected chi connectivity index (χ1v) is 5.71. The zero-order valence-electron chi connectivity index (χ0n) is 9.32. The van der Waals surface area contributed by atoms with Gasteiger partial charge in [0.1, 0.15) is 0 Å². The lowest BCUT2D eigenvalue weighted by atomic mass is 9.75. The normalized spacial score (nSPS) is 35.3. The molecule has 1 aliphatic heterocycles. The number of carbonyl (C=O) groups excluding carboxylic acids is 1. The first-order valence-electron chi connectivity index (χ1n) is 5.71. The van der Waals surface area contributed by atoms with Crippen molar-refractivity contribution in [2.24, 2.45) is 17.6 Å². The Labute approximate surface area is 97.8 Å². The first-order chi connectivity index (χ1) is 6.66. The second kappa shape index (κ2) is 5.17. The Morgan fingerprint density at radius 2 is 2.07 bits per heavy atom. The van der Waals surface area contributed by atoms with Crippen molar-refractivity contribution >= 4 is 18.3 Å². The van der Waals surface area contributed by atoms with Crippen LogP contribution in [0.4, 0.5) is 0 Å². The largest absolute Gasteiger partial charge is 0.341 e. The summed E-state index contributed by atoms with van der Waals surface area (Å²) in [7, 11) is 0. The van der Waals surface area contributed by atoms with Crippen molar-refractivity contribution in [2.75, 3.05) is 13.1 Å². The number of piperidine rings is 1. The van der Waals surface area contributed by atoms with Crippen LogP contribution in [0.3, 0.4) is 0 Å². The maximum absolute atomic E-state index is 11.9. The molecule has 0 aromatic heterocycles. The molecule has 1 unspecified atom stereocenters. The monoisotopic (exact) mass is 232 g/mol. The SMILES string of the molecule is CC1CC(C(=O)N2CCCC(N)C2)C1.Cl. The fourth-order valence-electron chi connectivity index (χ4n) is 2.57. The zero-order valence-corrected chi connectivity index (χ0v) is 10.1. The van der Waals surface area contributed by atoms with Gasteiger partial charge in [0.25, 0.3) is 0 Å². The van der Waals surface area contributed by atoms with Crippen molar-refractivity contribution in [3.63, 3.8) is 0 Å². The number of nitrogens with two attached hydrogens (primary N) is 1. The average molecular weight is 233 g/mol. The molecule has 2 rings (SSSR count). The molecule has 0 radical (unpaired) electrons. The van der Waals surface area contributed by atoms with Crippen LogP contribution in [0, 0.1) is 11.8 Å². The third-order valence-electron chi connectivity index (χ3n) is 3.49. The van der Waals surface area contributed by atoms with Gasteiger partial charge in [-0.1, -0.05) is 6.92 Å². The van der Waals surface area contributed by atoms with E-state index in [0.717, 1.165) is 44.7 Å². The zero-order chi connectivity index (χ0) is 10.1. The molecule has 15 heavy (non-hydrogen) atoms. The van der Waals surface area contributed by atoms with E-state index >= 15 is 0 Å². The van der Waals surface area contributed by atoms with Crippen LogP contribution in [-0.2, 0) is 4.79 Å². The van der Waals surface area contributed by atoms with Crippen molar-refractivity contribution in [1.82, 2.24) is 4.90 Å². The van der Waals surface area contributed by atoms with E-state index in [1.54, 1.807) is 0 Å². The van der Waals surface area contributed by atoms with Crippen molar-refractivity contribution in [3.05, 3.63) is 0 Å². The minimum Gasteiger partial charge on any atom is -0.341 e. The van der Waals surface area contributed by atoms with Crippen molar-refractivity contribution in [1.29, 1.82) is 0 Å². The summed E-state index contributed by atoms with van der Waals surface area (Å²) in [5, 5.41) is 0. The second-order valence-electron chi connectivity index (χ2n) is 4.96.